The van der Waals surface area contributed by atoms with Crippen molar-refractivity contribution in [3.63, 3.8) is 0 Å². The number of hydrogen-bond acceptors (Lipinski definition) is 3. The van der Waals surface area contributed by atoms with Crippen molar-refractivity contribution in [1.29, 1.82) is 0 Å². The first-order chi connectivity index (χ1) is 1.73. The maximum absolute atomic E-state index is 8.52. The van der Waals surface area contributed by atoms with Gasteiger partial charge in [-0.15, -0.1) is 17.0 Å². The molecular formula is H2BrClO3. The summed E-state index contributed by atoms with van der Waals surface area (Å²) in [5.74, 6) is 0. The van der Waals surface area contributed by atoms with Crippen molar-refractivity contribution >= 4 is 17.0 Å². The predicted molar refractivity (Wildman–Crippen MR) is 12.5 cm³/mol. The highest BCUT2D eigenvalue weighted by molar-refractivity contribution is 8.93. The Balaban J connectivity index is 0. The highest BCUT2D eigenvalue weighted by atomic mass is 79.9. The van der Waals surface area contributed by atoms with E-state index in [2.05, 4.69) is 0 Å². The summed E-state index contributed by atoms with van der Waals surface area (Å²) in [5, 5.41) is 0. The highest BCUT2D eigenvalue weighted by Gasteiger charge is 1.79. The second kappa shape index (κ2) is 4.65. The molecule has 0 heterocycles. The van der Waals surface area contributed by atoms with Gasteiger partial charge in [-0.05, 0) is 0 Å². The van der Waals surface area contributed by atoms with Crippen LogP contribution in [0.3, 0.4) is 0 Å². The second-order valence-corrected chi connectivity index (χ2v) is 0.603. The second-order valence-electron chi connectivity index (χ2n) is 0.201. The smallest absolute Gasteiger partial charge is 0.282 e. The fourth-order valence-corrected chi connectivity index (χ4v) is 0. The van der Waals surface area contributed by atoms with Gasteiger partial charge in [0, 0.05) is 4.66 Å². The largest absolute Gasteiger partial charge is 0.321 e. The summed E-state index contributed by atoms with van der Waals surface area (Å²) in [4.78, 5) is 0. The van der Waals surface area contributed by atoms with E-state index >= 15 is 0 Å². The van der Waals surface area contributed by atoms with Crippen LogP contribution in [0, 0.1) is 10.8 Å². The Hall–Kier alpha value is 0.650. The van der Waals surface area contributed by atoms with Crippen LogP contribution in [-0.2, 0) is 0 Å². The molecule has 0 saturated heterocycles. The van der Waals surface area contributed by atoms with Gasteiger partial charge in [-0.3, -0.25) is 0 Å². The quantitative estimate of drug-likeness (QED) is 0.437. The standard InChI is InChI=1S/BrH.ClHO3/c;2-1(3)4/h1H;2H. The van der Waals surface area contributed by atoms with E-state index in [9.17, 15) is 0 Å². The van der Waals surface area contributed by atoms with E-state index < -0.39 is 10.8 Å². The summed E-state index contributed by atoms with van der Waals surface area (Å²) < 4.78 is 24.0. The molecule has 0 amide bonds. The molecule has 0 aliphatic rings. The van der Waals surface area contributed by atoms with Crippen molar-refractivity contribution in [2.75, 3.05) is 0 Å². The van der Waals surface area contributed by atoms with Gasteiger partial charge < -0.3 is 9.32 Å². The summed E-state index contributed by atoms with van der Waals surface area (Å²) >= 11 is 0. The number of halogens is 2. The first kappa shape index (κ1) is 9.17. The first-order valence-electron chi connectivity index (χ1n) is 0.478. The molecule has 0 bridgehead atoms. The summed E-state index contributed by atoms with van der Waals surface area (Å²) in [6.45, 7) is 0. The van der Waals surface area contributed by atoms with E-state index in [1.54, 1.807) is 0 Å². The molecule has 1 N–H and O–H groups in total. The molecule has 0 atom stereocenters. The maximum atomic E-state index is 8.52. The monoisotopic (exact) mass is 164 g/mol. The zero-order valence-corrected chi connectivity index (χ0v) is 4.52. The first-order valence-corrected chi connectivity index (χ1v) is 1.43. The zero-order chi connectivity index (χ0) is 3.58. The molecule has 0 aromatic carbocycles. The van der Waals surface area contributed by atoms with Gasteiger partial charge >= 0.3 is 0 Å². The van der Waals surface area contributed by atoms with Crippen molar-refractivity contribution in [1.82, 2.24) is 0 Å². The average Bonchev–Trinajstić information content (AvgIpc) is 0.811. The third-order valence-electron chi connectivity index (χ3n) is 0. The SMILES string of the molecule is Br.[O-][Cl+2]([O-])O. The van der Waals surface area contributed by atoms with Crippen molar-refractivity contribution in [3.05, 3.63) is 0 Å². The summed E-state index contributed by atoms with van der Waals surface area (Å²) in [6.07, 6.45) is 0. The summed E-state index contributed by atoms with van der Waals surface area (Å²) in [5.41, 5.74) is 0. The maximum Gasteiger partial charge on any atom is 0.282 e. The van der Waals surface area contributed by atoms with Gasteiger partial charge in [0.2, 0.25) is 0 Å². The molecule has 0 unspecified atom stereocenters. The lowest BCUT2D eigenvalue weighted by Crippen LogP contribution is -2.30. The molecule has 0 aliphatic carbocycles. The molecule has 5 heteroatoms. The van der Waals surface area contributed by atoms with Crippen molar-refractivity contribution in [2.45, 2.75) is 0 Å². The lowest BCUT2D eigenvalue weighted by atomic mass is 15.8. The minimum absolute atomic E-state index is 0. The Morgan fingerprint density at radius 1 is 1.40 bits per heavy atom. The molecule has 0 saturated carbocycles. The van der Waals surface area contributed by atoms with Gasteiger partial charge in [-0.1, -0.05) is 0 Å². The van der Waals surface area contributed by atoms with Gasteiger partial charge in [-0.25, -0.2) is 0 Å². The molecule has 0 aliphatic heterocycles. The molecular weight excluding hydrogens is 163 g/mol. The van der Waals surface area contributed by atoms with Gasteiger partial charge in [0.05, 0.1) is 0 Å². The molecule has 0 rings (SSSR count). The van der Waals surface area contributed by atoms with Crippen LogP contribution < -0.4 is 9.32 Å². The third-order valence-corrected chi connectivity index (χ3v) is 0. The van der Waals surface area contributed by atoms with Gasteiger partial charge in [-0.2, -0.15) is 0 Å². The van der Waals surface area contributed by atoms with E-state index in [-0.39, 0.29) is 17.0 Å². The van der Waals surface area contributed by atoms with Crippen molar-refractivity contribution < 1.29 is 24.8 Å². The zero-order valence-electron chi connectivity index (χ0n) is 2.05. The van der Waals surface area contributed by atoms with Crippen LogP contribution in [0.1, 0.15) is 0 Å². The Morgan fingerprint density at radius 3 is 1.40 bits per heavy atom. The number of hydrogen-bond donors (Lipinski definition) is 1. The fraction of sp³-hybridized carbons (Fsp3) is 0. The summed E-state index contributed by atoms with van der Waals surface area (Å²) in [6, 6.07) is 0. The number of rotatable bonds is 0. The van der Waals surface area contributed by atoms with E-state index in [0.717, 1.165) is 0 Å². The molecule has 0 aromatic heterocycles. The van der Waals surface area contributed by atoms with Crippen LogP contribution in [0.25, 0.3) is 0 Å². The van der Waals surface area contributed by atoms with E-state index in [4.69, 9.17) is 14.0 Å². The van der Waals surface area contributed by atoms with Gasteiger partial charge in [0.15, 0.2) is 0 Å². The lowest BCUT2D eigenvalue weighted by Gasteiger charge is -1.72. The molecule has 34 valence electrons. The minimum atomic E-state index is -2.60. The van der Waals surface area contributed by atoms with Crippen LogP contribution in [0.2, 0.25) is 0 Å². The van der Waals surface area contributed by atoms with Gasteiger partial charge in [0.1, 0.15) is 0 Å². The van der Waals surface area contributed by atoms with Crippen LogP contribution in [0.5, 0.6) is 0 Å². The fourth-order valence-electron chi connectivity index (χ4n) is 0. The Kier molecular flexibility index (Phi) is 8.53. The van der Waals surface area contributed by atoms with Crippen LogP contribution in [0.4, 0.5) is 0 Å². The average molecular weight is 165 g/mol. The van der Waals surface area contributed by atoms with Crippen LogP contribution in [0.15, 0.2) is 0 Å². The molecule has 0 fully saturated rings. The topological polar surface area (TPSA) is 66.3 Å². The highest BCUT2D eigenvalue weighted by Crippen LogP contribution is 1.38. The van der Waals surface area contributed by atoms with Crippen molar-refractivity contribution in [3.8, 4) is 0 Å². The van der Waals surface area contributed by atoms with Crippen LogP contribution in [-0.4, -0.2) is 4.66 Å². The molecule has 5 heavy (non-hydrogen) atoms. The molecule has 3 nitrogen and oxygen atoms in total. The third kappa shape index (κ3) is 77.3. The Labute approximate surface area is 42.4 Å². The predicted octanol–water partition coefficient (Wildman–Crippen LogP) is -2.36. The Bertz CT molecular complexity index is 11.6. The normalized spacial score (nSPS) is 7.20. The minimum Gasteiger partial charge on any atom is -0.321 e. The van der Waals surface area contributed by atoms with E-state index in [0.29, 0.717) is 0 Å². The molecule has 0 radical (unpaired) electrons. The van der Waals surface area contributed by atoms with E-state index in [1.807, 2.05) is 0 Å². The Morgan fingerprint density at radius 2 is 1.40 bits per heavy atom. The lowest BCUT2D eigenvalue weighted by molar-refractivity contribution is -1.63. The van der Waals surface area contributed by atoms with Crippen molar-refractivity contribution in [2.24, 2.45) is 0 Å². The summed E-state index contributed by atoms with van der Waals surface area (Å²) in [7, 11) is -2.60. The molecule has 0 spiro atoms. The van der Waals surface area contributed by atoms with E-state index in [1.165, 1.54) is 0 Å². The molecule has 0 aromatic rings. The van der Waals surface area contributed by atoms with Gasteiger partial charge in [0.25, 0.3) is 10.8 Å². The van der Waals surface area contributed by atoms with Crippen LogP contribution >= 0.6 is 17.0 Å².